The molecule has 1 aromatic heterocycles. The van der Waals surface area contributed by atoms with Gasteiger partial charge in [0.1, 0.15) is 6.29 Å². The van der Waals surface area contributed by atoms with Gasteiger partial charge in [-0.1, -0.05) is 0 Å². The number of nitrogens with zero attached hydrogens (tertiary/aromatic N) is 1. The summed E-state index contributed by atoms with van der Waals surface area (Å²) in [6.45, 7) is 2.45. The lowest BCUT2D eigenvalue weighted by Gasteiger charge is -1.97. The van der Waals surface area contributed by atoms with E-state index < -0.39 is 0 Å². The van der Waals surface area contributed by atoms with Crippen molar-refractivity contribution >= 4 is 17.2 Å². The van der Waals surface area contributed by atoms with E-state index >= 15 is 0 Å². The van der Waals surface area contributed by atoms with Crippen LogP contribution in [0.5, 0.6) is 5.88 Å². The SMILES string of the molecule is CCOc1n[nH]c2ccc(C=O)cc12. The zero-order valence-corrected chi connectivity index (χ0v) is 7.78. The molecule has 0 bridgehead atoms. The third kappa shape index (κ3) is 1.35. The molecule has 1 N–H and O–H groups in total. The van der Waals surface area contributed by atoms with Gasteiger partial charge in [-0.25, -0.2) is 0 Å². The summed E-state index contributed by atoms with van der Waals surface area (Å²) in [7, 11) is 0. The lowest BCUT2D eigenvalue weighted by molar-refractivity contribution is 0.112. The number of aromatic nitrogens is 2. The van der Waals surface area contributed by atoms with Crippen LogP contribution in [0, 0.1) is 0 Å². The Labute approximate surface area is 80.9 Å². The molecular weight excluding hydrogens is 180 g/mol. The van der Waals surface area contributed by atoms with Crippen LogP contribution >= 0.6 is 0 Å². The first-order valence-electron chi connectivity index (χ1n) is 4.41. The summed E-state index contributed by atoms with van der Waals surface area (Å²) in [5.74, 6) is 0.547. The van der Waals surface area contributed by atoms with Gasteiger partial charge in [-0.05, 0) is 25.1 Å². The van der Waals surface area contributed by atoms with Crippen molar-refractivity contribution in [2.45, 2.75) is 6.92 Å². The molecule has 2 rings (SSSR count). The van der Waals surface area contributed by atoms with E-state index in [-0.39, 0.29) is 0 Å². The van der Waals surface area contributed by atoms with E-state index in [1.165, 1.54) is 0 Å². The van der Waals surface area contributed by atoms with Gasteiger partial charge in [0.15, 0.2) is 0 Å². The minimum atomic E-state index is 0.547. The number of hydrogen-bond donors (Lipinski definition) is 1. The molecule has 0 atom stereocenters. The number of benzene rings is 1. The maximum atomic E-state index is 10.6. The van der Waals surface area contributed by atoms with Crippen LogP contribution in [-0.2, 0) is 0 Å². The van der Waals surface area contributed by atoms with Gasteiger partial charge >= 0.3 is 0 Å². The molecule has 0 amide bonds. The number of fused-ring (bicyclic) bond motifs is 1. The minimum Gasteiger partial charge on any atom is -0.476 e. The molecule has 0 unspecified atom stereocenters. The first-order valence-corrected chi connectivity index (χ1v) is 4.41. The monoisotopic (exact) mass is 190 g/mol. The van der Waals surface area contributed by atoms with Crippen molar-refractivity contribution in [1.82, 2.24) is 10.2 Å². The van der Waals surface area contributed by atoms with Crippen molar-refractivity contribution < 1.29 is 9.53 Å². The molecule has 2 aromatic rings. The minimum absolute atomic E-state index is 0.547. The molecule has 0 aliphatic rings. The van der Waals surface area contributed by atoms with Crippen LogP contribution in [0.4, 0.5) is 0 Å². The Bertz CT molecular complexity index is 462. The maximum absolute atomic E-state index is 10.6. The quantitative estimate of drug-likeness (QED) is 0.750. The molecule has 4 heteroatoms. The van der Waals surface area contributed by atoms with Crippen molar-refractivity contribution in [3.63, 3.8) is 0 Å². The third-order valence-corrected chi connectivity index (χ3v) is 1.97. The second-order valence-electron chi connectivity index (χ2n) is 2.88. The van der Waals surface area contributed by atoms with Gasteiger partial charge in [-0.3, -0.25) is 9.89 Å². The fourth-order valence-corrected chi connectivity index (χ4v) is 1.33. The summed E-state index contributed by atoms with van der Waals surface area (Å²) in [6, 6.07) is 5.31. The molecular formula is C10H10N2O2. The average Bonchev–Trinajstić information content (AvgIpc) is 2.61. The number of H-pyrrole nitrogens is 1. The van der Waals surface area contributed by atoms with Gasteiger partial charge < -0.3 is 4.74 Å². The van der Waals surface area contributed by atoms with Gasteiger partial charge in [0, 0.05) is 5.56 Å². The Morgan fingerprint density at radius 2 is 2.43 bits per heavy atom. The normalized spacial score (nSPS) is 10.4. The Morgan fingerprint density at radius 1 is 1.57 bits per heavy atom. The molecule has 4 nitrogen and oxygen atoms in total. The van der Waals surface area contributed by atoms with E-state index in [1.807, 2.05) is 13.0 Å². The van der Waals surface area contributed by atoms with Crippen LogP contribution in [0.15, 0.2) is 18.2 Å². The maximum Gasteiger partial charge on any atom is 0.240 e. The lowest BCUT2D eigenvalue weighted by atomic mass is 10.2. The Kier molecular flexibility index (Phi) is 2.18. The standard InChI is InChI=1S/C10H10N2O2/c1-2-14-10-8-5-7(6-13)3-4-9(8)11-12-10/h3-6H,2H2,1H3,(H,11,12). The number of hydrogen-bond acceptors (Lipinski definition) is 3. The van der Waals surface area contributed by atoms with Crippen molar-refractivity contribution in [3.8, 4) is 5.88 Å². The van der Waals surface area contributed by atoms with E-state index in [0.717, 1.165) is 17.2 Å². The highest BCUT2D eigenvalue weighted by atomic mass is 16.5. The zero-order valence-electron chi connectivity index (χ0n) is 7.78. The van der Waals surface area contributed by atoms with Crippen LogP contribution < -0.4 is 4.74 Å². The molecule has 14 heavy (non-hydrogen) atoms. The lowest BCUT2D eigenvalue weighted by Crippen LogP contribution is -1.91. The van der Waals surface area contributed by atoms with Crippen molar-refractivity contribution in [2.24, 2.45) is 0 Å². The van der Waals surface area contributed by atoms with Crippen molar-refractivity contribution in [2.75, 3.05) is 6.61 Å². The summed E-state index contributed by atoms with van der Waals surface area (Å²) < 4.78 is 5.30. The van der Waals surface area contributed by atoms with Gasteiger partial charge in [0.25, 0.3) is 0 Å². The number of ether oxygens (including phenoxy) is 1. The van der Waals surface area contributed by atoms with Crippen molar-refractivity contribution in [1.29, 1.82) is 0 Å². The second-order valence-corrected chi connectivity index (χ2v) is 2.88. The van der Waals surface area contributed by atoms with Crippen LogP contribution in [0.1, 0.15) is 17.3 Å². The van der Waals surface area contributed by atoms with Crippen molar-refractivity contribution in [3.05, 3.63) is 23.8 Å². The number of aldehydes is 1. The number of rotatable bonds is 3. The predicted octanol–water partition coefficient (Wildman–Crippen LogP) is 1.77. The molecule has 72 valence electrons. The molecule has 1 heterocycles. The molecule has 0 aliphatic carbocycles. The molecule has 0 saturated heterocycles. The molecule has 0 aliphatic heterocycles. The van der Waals surface area contributed by atoms with E-state index in [1.54, 1.807) is 12.1 Å². The smallest absolute Gasteiger partial charge is 0.240 e. The van der Waals surface area contributed by atoms with E-state index in [4.69, 9.17) is 4.74 Å². The summed E-state index contributed by atoms with van der Waals surface area (Å²) in [6.07, 6.45) is 0.808. The molecule has 0 spiro atoms. The van der Waals surface area contributed by atoms with Gasteiger partial charge in [0.05, 0.1) is 17.5 Å². The predicted molar refractivity (Wildman–Crippen MR) is 52.7 cm³/mol. The first kappa shape index (κ1) is 8.74. The number of carbonyl (C=O) groups is 1. The molecule has 1 aromatic carbocycles. The van der Waals surface area contributed by atoms with Crippen LogP contribution in [-0.4, -0.2) is 23.1 Å². The highest BCUT2D eigenvalue weighted by molar-refractivity contribution is 5.89. The van der Waals surface area contributed by atoms with Crippen LogP contribution in [0.3, 0.4) is 0 Å². The van der Waals surface area contributed by atoms with E-state index in [0.29, 0.717) is 18.1 Å². The zero-order chi connectivity index (χ0) is 9.97. The fraction of sp³-hybridized carbons (Fsp3) is 0.200. The number of nitrogens with one attached hydrogen (secondary N) is 1. The topological polar surface area (TPSA) is 55.0 Å². The van der Waals surface area contributed by atoms with Gasteiger partial charge in [0.2, 0.25) is 5.88 Å². The summed E-state index contributed by atoms with van der Waals surface area (Å²) in [5, 5.41) is 7.67. The summed E-state index contributed by atoms with van der Waals surface area (Å²) in [4.78, 5) is 10.6. The highest BCUT2D eigenvalue weighted by Gasteiger charge is 2.06. The summed E-state index contributed by atoms with van der Waals surface area (Å²) >= 11 is 0. The molecule has 0 fully saturated rings. The Balaban J connectivity index is 2.57. The number of aromatic amines is 1. The van der Waals surface area contributed by atoms with E-state index in [9.17, 15) is 4.79 Å². The molecule has 0 radical (unpaired) electrons. The van der Waals surface area contributed by atoms with Crippen LogP contribution in [0.25, 0.3) is 10.9 Å². The highest BCUT2D eigenvalue weighted by Crippen LogP contribution is 2.22. The van der Waals surface area contributed by atoms with Gasteiger partial charge in [-0.15, -0.1) is 5.10 Å². The largest absolute Gasteiger partial charge is 0.476 e. The molecule has 0 saturated carbocycles. The third-order valence-electron chi connectivity index (χ3n) is 1.97. The Morgan fingerprint density at radius 3 is 3.14 bits per heavy atom. The van der Waals surface area contributed by atoms with Gasteiger partial charge in [-0.2, -0.15) is 0 Å². The first-order chi connectivity index (χ1) is 6.85. The van der Waals surface area contributed by atoms with Crippen LogP contribution in [0.2, 0.25) is 0 Å². The fourth-order valence-electron chi connectivity index (χ4n) is 1.33. The second kappa shape index (κ2) is 3.49. The Hall–Kier alpha value is -1.84. The van der Waals surface area contributed by atoms with E-state index in [2.05, 4.69) is 10.2 Å². The average molecular weight is 190 g/mol. The number of carbonyl (C=O) groups excluding carboxylic acids is 1. The summed E-state index contributed by atoms with van der Waals surface area (Å²) in [5.41, 5.74) is 1.50.